The van der Waals surface area contributed by atoms with Crippen LogP contribution in [0, 0.1) is 5.92 Å². The standard InChI is InChI=1S/C18H24N4/c1-21-8-6-16-10-14(2-4-17(16)21)11-19-12-15-3-5-18-20-7-9-22(18)13-15/h2,4,7,9-10,15,19H,3,5-6,8,11-13H2,1H3/t15-/m0/s1. The lowest BCUT2D eigenvalue weighted by molar-refractivity contribution is 0.347. The van der Waals surface area contributed by atoms with Gasteiger partial charge >= 0.3 is 0 Å². The van der Waals surface area contributed by atoms with E-state index in [0.29, 0.717) is 0 Å². The molecule has 0 saturated carbocycles. The predicted molar refractivity (Wildman–Crippen MR) is 89.2 cm³/mol. The summed E-state index contributed by atoms with van der Waals surface area (Å²) in [5.74, 6) is 1.97. The molecule has 0 aliphatic carbocycles. The molecular formula is C18H24N4. The number of aryl methyl sites for hydroxylation is 1. The van der Waals surface area contributed by atoms with Gasteiger partial charge in [-0.15, -0.1) is 0 Å². The van der Waals surface area contributed by atoms with Crippen molar-refractivity contribution in [3.63, 3.8) is 0 Å². The van der Waals surface area contributed by atoms with Crippen LogP contribution in [-0.2, 0) is 25.9 Å². The second kappa shape index (κ2) is 5.76. The van der Waals surface area contributed by atoms with E-state index in [1.165, 1.54) is 35.5 Å². The summed E-state index contributed by atoms with van der Waals surface area (Å²) in [5.41, 5.74) is 4.32. The molecule has 0 saturated heterocycles. The number of rotatable bonds is 4. The summed E-state index contributed by atoms with van der Waals surface area (Å²) in [7, 11) is 2.18. The first-order valence-electron chi connectivity index (χ1n) is 8.33. The maximum absolute atomic E-state index is 4.40. The van der Waals surface area contributed by atoms with Gasteiger partial charge in [-0.25, -0.2) is 4.98 Å². The Labute approximate surface area is 132 Å². The van der Waals surface area contributed by atoms with Crippen LogP contribution in [0.1, 0.15) is 23.4 Å². The highest BCUT2D eigenvalue weighted by Gasteiger charge is 2.18. The molecule has 1 atom stereocenters. The van der Waals surface area contributed by atoms with Gasteiger partial charge < -0.3 is 14.8 Å². The number of benzene rings is 1. The largest absolute Gasteiger partial charge is 0.374 e. The van der Waals surface area contributed by atoms with Crippen molar-refractivity contribution in [3.8, 4) is 0 Å². The van der Waals surface area contributed by atoms with Gasteiger partial charge in [-0.2, -0.15) is 0 Å². The molecule has 4 heteroatoms. The van der Waals surface area contributed by atoms with Gasteiger partial charge in [0.25, 0.3) is 0 Å². The summed E-state index contributed by atoms with van der Waals surface area (Å²) in [4.78, 5) is 6.74. The summed E-state index contributed by atoms with van der Waals surface area (Å²) in [6, 6.07) is 6.92. The van der Waals surface area contributed by atoms with Crippen LogP contribution < -0.4 is 10.2 Å². The molecule has 1 aromatic heterocycles. The third-order valence-corrected chi connectivity index (χ3v) is 5.07. The highest BCUT2D eigenvalue weighted by Crippen LogP contribution is 2.27. The summed E-state index contributed by atoms with van der Waals surface area (Å²) in [6.07, 6.45) is 7.58. The van der Waals surface area contributed by atoms with E-state index in [9.17, 15) is 0 Å². The maximum Gasteiger partial charge on any atom is 0.108 e. The summed E-state index contributed by atoms with van der Waals surface area (Å²) in [6.45, 7) is 4.33. The number of aromatic nitrogens is 2. The number of imidazole rings is 1. The van der Waals surface area contributed by atoms with Gasteiger partial charge in [0, 0.05) is 51.2 Å². The summed E-state index contributed by atoms with van der Waals surface area (Å²) in [5, 5.41) is 3.65. The molecule has 4 nitrogen and oxygen atoms in total. The summed E-state index contributed by atoms with van der Waals surface area (Å²) >= 11 is 0. The Morgan fingerprint density at radius 1 is 1.32 bits per heavy atom. The molecule has 116 valence electrons. The van der Waals surface area contributed by atoms with Crippen LogP contribution in [0.15, 0.2) is 30.6 Å². The molecule has 1 aromatic carbocycles. The Morgan fingerprint density at radius 3 is 3.23 bits per heavy atom. The smallest absolute Gasteiger partial charge is 0.108 e. The van der Waals surface area contributed by atoms with Gasteiger partial charge in [0.05, 0.1) is 0 Å². The van der Waals surface area contributed by atoms with E-state index >= 15 is 0 Å². The molecule has 4 rings (SSSR count). The van der Waals surface area contributed by atoms with E-state index in [4.69, 9.17) is 0 Å². The van der Waals surface area contributed by atoms with Gasteiger partial charge in [-0.1, -0.05) is 12.1 Å². The number of hydrogen-bond donors (Lipinski definition) is 1. The monoisotopic (exact) mass is 296 g/mol. The van der Waals surface area contributed by atoms with Crippen LogP contribution in [0.2, 0.25) is 0 Å². The van der Waals surface area contributed by atoms with Crippen molar-refractivity contribution in [1.82, 2.24) is 14.9 Å². The van der Waals surface area contributed by atoms with Gasteiger partial charge in [-0.3, -0.25) is 0 Å². The Bertz CT molecular complexity index is 661. The molecule has 22 heavy (non-hydrogen) atoms. The third-order valence-electron chi connectivity index (χ3n) is 5.07. The molecule has 0 unspecified atom stereocenters. The molecule has 0 amide bonds. The topological polar surface area (TPSA) is 33.1 Å². The second-order valence-electron chi connectivity index (χ2n) is 6.67. The number of nitrogens with zero attached hydrogens (tertiary/aromatic N) is 3. The molecule has 0 spiro atoms. The lowest BCUT2D eigenvalue weighted by Crippen LogP contribution is -2.29. The zero-order valence-electron chi connectivity index (χ0n) is 13.3. The van der Waals surface area contributed by atoms with E-state index in [1.807, 2.05) is 6.20 Å². The number of hydrogen-bond acceptors (Lipinski definition) is 3. The second-order valence-corrected chi connectivity index (χ2v) is 6.67. The van der Waals surface area contributed by atoms with E-state index in [-0.39, 0.29) is 0 Å². The first-order chi connectivity index (χ1) is 10.8. The van der Waals surface area contributed by atoms with Gasteiger partial charge in [0.15, 0.2) is 0 Å². The van der Waals surface area contributed by atoms with Crippen molar-refractivity contribution >= 4 is 5.69 Å². The fourth-order valence-corrected chi connectivity index (χ4v) is 3.75. The maximum atomic E-state index is 4.40. The van der Waals surface area contributed by atoms with E-state index < -0.39 is 0 Å². The summed E-state index contributed by atoms with van der Waals surface area (Å²) < 4.78 is 2.31. The van der Waals surface area contributed by atoms with Crippen LogP contribution in [-0.4, -0.2) is 29.7 Å². The van der Waals surface area contributed by atoms with Crippen molar-refractivity contribution in [3.05, 3.63) is 47.5 Å². The SMILES string of the molecule is CN1CCc2cc(CNC[C@@H]3CCc4nccn4C3)ccc21. The number of fused-ring (bicyclic) bond motifs is 2. The van der Waals surface area contributed by atoms with Gasteiger partial charge in [0.2, 0.25) is 0 Å². The molecule has 2 aliphatic heterocycles. The number of nitrogens with one attached hydrogen (secondary N) is 1. The fraction of sp³-hybridized carbons (Fsp3) is 0.500. The third kappa shape index (κ3) is 2.63. The van der Waals surface area contributed by atoms with Crippen LogP contribution in [0.3, 0.4) is 0 Å². The Balaban J connectivity index is 1.31. The van der Waals surface area contributed by atoms with Crippen molar-refractivity contribution in [2.75, 3.05) is 25.0 Å². The first kappa shape index (κ1) is 13.8. The Kier molecular flexibility index (Phi) is 3.62. The molecule has 1 N–H and O–H groups in total. The average Bonchev–Trinajstić information content (AvgIpc) is 3.14. The van der Waals surface area contributed by atoms with Crippen molar-refractivity contribution < 1.29 is 0 Å². The van der Waals surface area contributed by atoms with Crippen LogP contribution in [0.4, 0.5) is 5.69 Å². The van der Waals surface area contributed by atoms with E-state index in [2.05, 4.69) is 51.2 Å². The first-order valence-corrected chi connectivity index (χ1v) is 8.33. The average molecular weight is 296 g/mol. The number of anilines is 1. The molecule has 2 aliphatic rings. The van der Waals surface area contributed by atoms with E-state index in [0.717, 1.165) is 38.5 Å². The predicted octanol–water partition coefficient (Wildman–Crippen LogP) is 2.23. The molecular weight excluding hydrogens is 272 g/mol. The molecule has 2 aromatic rings. The lowest BCUT2D eigenvalue weighted by atomic mass is 9.99. The minimum absolute atomic E-state index is 0.724. The quantitative estimate of drug-likeness (QED) is 0.939. The molecule has 0 radical (unpaired) electrons. The lowest BCUT2D eigenvalue weighted by Gasteiger charge is -2.24. The minimum Gasteiger partial charge on any atom is -0.374 e. The van der Waals surface area contributed by atoms with Crippen LogP contribution in [0.5, 0.6) is 0 Å². The van der Waals surface area contributed by atoms with Gasteiger partial charge in [0.1, 0.15) is 5.82 Å². The van der Waals surface area contributed by atoms with Crippen LogP contribution in [0.25, 0.3) is 0 Å². The fourth-order valence-electron chi connectivity index (χ4n) is 3.75. The molecule has 3 heterocycles. The van der Waals surface area contributed by atoms with Crippen LogP contribution >= 0.6 is 0 Å². The zero-order chi connectivity index (χ0) is 14.9. The van der Waals surface area contributed by atoms with Gasteiger partial charge in [-0.05, 0) is 42.5 Å². The zero-order valence-corrected chi connectivity index (χ0v) is 13.3. The molecule has 0 bridgehead atoms. The van der Waals surface area contributed by atoms with E-state index in [1.54, 1.807) is 0 Å². The van der Waals surface area contributed by atoms with Crippen molar-refractivity contribution in [1.29, 1.82) is 0 Å². The molecule has 0 fully saturated rings. The Hall–Kier alpha value is -1.81. The highest BCUT2D eigenvalue weighted by atomic mass is 15.1. The minimum atomic E-state index is 0.724. The van der Waals surface area contributed by atoms with Crippen molar-refractivity contribution in [2.24, 2.45) is 5.92 Å². The normalized spacial score (nSPS) is 20.0. The van der Waals surface area contributed by atoms with Crippen molar-refractivity contribution in [2.45, 2.75) is 32.4 Å². The number of likely N-dealkylation sites (N-methyl/N-ethyl adjacent to an activating group) is 1. The Morgan fingerprint density at radius 2 is 2.27 bits per heavy atom. The highest BCUT2D eigenvalue weighted by molar-refractivity contribution is 5.58.